The van der Waals surface area contributed by atoms with E-state index in [2.05, 4.69) is 198 Å². The molecule has 0 N–H and O–H groups in total. The second-order valence-corrected chi connectivity index (χ2v) is 14.5. The maximum Gasteiger partial charge on any atom is 0.0541 e. The molecule has 1 aromatic heterocycles. The Kier molecular flexibility index (Phi) is 7.05. The lowest BCUT2D eigenvalue weighted by Gasteiger charge is -2.34. The summed E-state index contributed by atoms with van der Waals surface area (Å²) in [7, 11) is 0. The molecule has 0 amide bonds. The summed E-state index contributed by atoms with van der Waals surface area (Å²) in [4.78, 5) is 6.83. The van der Waals surface area contributed by atoms with Crippen LogP contribution >= 0.6 is 0 Å². The zero-order valence-corrected chi connectivity index (χ0v) is 30.1. The van der Waals surface area contributed by atoms with E-state index in [1.54, 1.807) is 0 Å². The molecule has 2 nitrogen and oxygen atoms in total. The minimum atomic E-state index is 0.947. The van der Waals surface area contributed by atoms with Crippen molar-refractivity contribution in [2.75, 3.05) is 4.90 Å². The van der Waals surface area contributed by atoms with E-state index in [0.717, 1.165) is 44.9 Å². The summed E-state index contributed by atoms with van der Waals surface area (Å²) in [6, 6.07) is 66.5. The number of anilines is 2. The first-order valence-electron chi connectivity index (χ1n) is 18.8. The normalized spacial score (nSPS) is 12.4. The molecule has 1 aliphatic heterocycles. The van der Waals surface area contributed by atoms with Crippen LogP contribution in [-0.4, -0.2) is 4.98 Å². The van der Waals surface area contributed by atoms with E-state index in [1.807, 2.05) is 12.4 Å². The van der Waals surface area contributed by atoms with E-state index < -0.39 is 0 Å². The van der Waals surface area contributed by atoms with Gasteiger partial charge in [0.05, 0.1) is 5.69 Å². The molecule has 11 rings (SSSR count). The van der Waals surface area contributed by atoms with Crippen LogP contribution in [0.3, 0.4) is 0 Å². The number of pyridine rings is 1. The summed E-state index contributed by atoms with van der Waals surface area (Å²) in [6.45, 7) is 4.56. The first-order chi connectivity index (χ1) is 27.2. The zero-order valence-electron chi connectivity index (χ0n) is 30.1. The van der Waals surface area contributed by atoms with E-state index in [1.165, 1.54) is 65.3 Å². The number of fused-ring (bicyclic) bond motifs is 7. The maximum absolute atomic E-state index is 4.57. The van der Waals surface area contributed by atoms with Crippen molar-refractivity contribution in [2.24, 2.45) is 0 Å². The first kappa shape index (κ1) is 31.3. The van der Waals surface area contributed by atoms with Crippen molar-refractivity contribution in [3.63, 3.8) is 0 Å². The summed E-state index contributed by atoms with van der Waals surface area (Å²) >= 11 is 0. The maximum atomic E-state index is 4.57. The Labute approximate surface area is 319 Å². The van der Waals surface area contributed by atoms with Crippen LogP contribution in [0.4, 0.5) is 11.4 Å². The van der Waals surface area contributed by atoms with Gasteiger partial charge in [-0.05, 0) is 125 Å². The molecule has 0 radical (unpaired) electrons. The van der Waals surface area contributed by atoms with Gasteiger partial charge in [-0.3, -0.25) is 4.98 Å². The fourth-order valence-corrected chi connectivity index (χ4v) is 8.79. The molecule has 2 heterocycles. The molecule has 0 unspecified atom stereocenters. The van der Waals surface area contributed by atoms with Crippen LogP contribution in [0.5, 0.6) is 0 Å². The standard InChI is InChI=1S/C53H34N2/c1-34-44-27-28-54-33-50(44)48-31-40(24-26-51(48)55(34)43-15-3-2-4-16-43)39-23-25-47-49(32-39)53(42-22-20-36-12-6-8-14-38(36)30-42)46-18-10-9-17-45(46)52(47)41-21-19-35-11-5-7-13-37(35)29-41/h2-33H,1H2. The largest absolute Gasteiger partial charge is 0.310 e. The molecular formula is C53H34N2. The predicted molar refractivity (Wildman–Crippen MR) is 234 cm³/mol. The molecule has 0 fully saturated rings. The minimum Gasteiger partial charge on any atom is -0.310 e. The Morgan fingerprint density at radius 3 is 1.62 bits per heavy atom. The number of aromatic nitrogens is 1. The lowest BCUT2D eigenvalue weighted by Crippen LogP contribution is -2.19. The summed E-state index contributed by atoms with van der Waals surface area (Å²) in [5.74, 6) is 0. The molecule has 9 aromatic carbocycles. The van der Waals surface area contributed by atoms with Gasteiger partial charge in [0.15, 0.2) is 0 Å². The third-order valence-corrected chi connectivity index (χ3v) is 11.4. The average Bonchev–Trinajstić information content (AvgIpc) is 3.25. The molecule has 0 aliphatic carbocycles. The van der Waals surface area contributed by atoms with Gasteiger partial charge < -0.3 is 4.90 Å². The Hall–Kier alpha value is -7.29. The van der Waals surface area contributed by atoms with Gasteiger partial charge >= 0.3 is 0 Å². The molecular weight excluding hydrogens is 665 g/mol. The molecule has 1 aliphatic rings. The monoisotopic (exact) mass is 698 g/mol. The van der Waals surface area contributed by atoms with E-state index in [0.29, 0.717) is 0 Å². The van der Waals surface area contributed by atoms with Crippen molar-refractivity contribution >= 4 is 60.2 Å². The fourth-order valence-electron chi connectivity index (χ4n) is 8.79. The molecule has 55 heavy (non-hydrogen) atoms. The Bertz CT molecular complexity index is 3180. The number of hydrogen-bond acceptors (Lipinski definition) is 2. The molecule has 0 atom stereocenters. The highest BCUT2D eigenvalue weighted by Crippen LogP contribution is 2.50. The van der Waals surface area contributed by atoms with Crippen molar-refractivity contribution in [2.45, 2.75) is 0 Å². The fraction of sp³-hybridized carbons (Fsp3) is 0. The molecule has 0 bridgehead atoms. The third kappa shape index (κ3) is 5.00. The molecule has 10 aromatic rings. The van der Waals surface area contributed by atoms with Crippen molar-refractivity contribution in [1.82, 2.24) is 4.98 Å². The van der Waals surface area contributed by atoms with E-state index >= 15 is 0 Å². The van der Waals surface area contributed by atoms with E-state index in [4.69, 9.17) is 0 Å². The topological polar surface area (TPSA) is 16.1 Å². The summed E-state index contributed by atoms with van der Waals surface area (Å²) in [6.07, 6.45) is 3.84. The van der Waals surface area contributed by atoms with Crippen LogP contribution in [0.15, 0.2) is 201 Å². The zero-order chi connectivity index (χ0) is 36.5. The molecule has 256 valence electrons. The second-order valence-electron chi connectivity index (χ2n) is 14.5. The van der Waals surface area contributed by atoms with Crippen molar-refractivity contribution in [3.8, 4) is 44.5 Å². The second kappa shape index (κ2) is 12.4. The summed E-state index contributed by atoms with van der Waals surface area (Å²) < 4.78 is 0. The van der Waals surface area contributed by atoms with Crippen molar-refractivity contribution in [1.29, 1.82) is 0 Å². The third-order valence-electron chi connectivity index (χ3n) is 11.4. The van der Waals surface area contributed by atoms with Gasteiger partial charge in [-0.25, -0.2) is 0 Å². The Morgan fingerprint density at radius 2 is 0.927 bits per heavy atom. The highest BCUT2D eigenvalue weighted by atomic mass is 15.2. The van der Waals surface area contributed by atoms with Gasteiger partial charge in [0.1, 0.15) is 0 Å². The van der Waals surface area contributed by atoms with Crippen LogP contribution in [0.2, 0.25) is 0 Å². The van der Waals surface area contributed by atoms with Gasteiger partial charge in [-0.15, -0.1) is 0 Å². The number of benzene rings is 9. The van der Waals surface area contributed by atoms with Gasteiger partial charge in [0.2, 0.25) is 0 Å². The molecule has 0 spiro atoms. The highest BCUT2D eigenvalue weighted by Gasteiger charge is 2.27. The van der Waals surface area contributed by atoms with Crippen molar-refractivity contribution in [3.05, 3.63) is 207 Å². The molecule has 0 saturated carbocycles. The van der Waals surface area contributed by atoms with Gasteiger partial charge in [-0.2, -0.15) is 0 Å². The average molecular weight is 699 g/mol. The van der Waals surface area contributed by atoms with E-state index in [-0.39, 0.29) is 0 Å². The smallest absolute Gasteiger partial charge is 0.0541 e. The van der Waals surface area contributed by atoms with Crippen LogP contribution in [0, 0.1) is 0 Å². The van der Waals surface area contributed by atoms with Crippen molar-refractivity contribution < 1.29 is 0 Å². The Balaban J connectivity index is 1.18. The highest BCUT2D eigenvalue weighted by molar-refractivity contribution is 6.22. The first-order valence-corrected chi connectivity index (χ1v) is 18.8. The van der Waals surface area contributed by atoms with Gasteiger partial charge in [0, 0.05) is 40.5 Å². The quantitative estimate of drug-likeness (QED) is 0.170. The number of nitrogens with zero attached hydrogens (tertiary/aromatic N) is 2. The molecule has 0 saturated heterocycles. The SMILES string of the molecule is C=C1c2ccncc2-c2cc(-c3ccc4c(-c5ccc6ccccc6c5)c5ccccc5c(-c5ccc6ccccc6c5)c4c3)ccc2N1c1ccccc1. The van der Waals surface area contributed by atoms with Crippen LogP contribution in [-0.2, 0) is 0 Å². The van der Waals surface area contributed by atoms with Crippen LogP contribution in [0.25, 0.3) is 93.3 Å². The number of para-hydroxylation sites is 1. The summed E-state index contributed by atoms with van der Waals surface area (Å²) in [5.41, 5.74) is 13.7. The van der Waals surface area contributed by atoms with Gasteiger partial charge in [0.25, 0.3) is 0 Å². The van der Waals surface area contributed by atoms with Gasteiger partial charge in [-0.1, -0.05) is 140 Å². The summed E-state index contributed by atoms with van der Waals surface area (Å²) in [5, 5.41) is 9.92. The van der Waals surface area contributed by atoms with E-state index in [9.17, 15) is 0 Å². The lowest BCUT2D eigenvalue weighted by atomic mass is 9.84. The number of hydrogen-bond donors (Lipinski definition) is 0. The lowest BCUT2D eigenvalue weighted by molar-refractivity contribution is 1.24. The van der Waals surface area contributed by atoms with Crippen LogP contribution < -0.4 is 4.90 Å². The molecule has 2 heteroatoms. The number of rotatable bonds is 4. The predicted octanol–water partition coefficient (Wildman–Crippen LogP) is 14.5. The minimum absolute atomic E-state index is 0.947. The van der Waals surface area contributed by atoms with Crippen LogP contribution in [0.1, 0.15) is 5.56 Å². The Morgan fingerprint density at radius 1 is 0.382 bits per heavy atom.